The molecule has 21 heavy (non-hydrogen) atoms. The molecule has 0 atom stereocenters. The van der Waals surface area contributed by atoms with Crippen LogP contribution in [0.5, 0.6) is 0 Å². The van der Waals surface area contributed by atoms with Crippen LogP contribution in [0, 0.1) is 0 Å². The topological polar surface area (TPSA) is 62.3 Å². The van der Waals surface area contributed by atoms with Crippen molar-refractivity contribution >= 4 is 43.1 Å². The molecule has 0 radical (unpaired) electrons. The number of hydrogen-bond acceptors (Lipinski definition) is 5. The van der Waals surface area contributed by atoms with E-state index < -0.39 is 10.0 Å². The molecule has 0 aromatic carbocycles. The first-order chi connectivity index (χ1) is 9.95. The van der Waals surface area contributed by atoms with Gasteiger partial charge >= 0.3 is 0 Å². The molecule has 2 heterocycles. The van der Waals surface area contributed by atoms with E-state index in [2.05, 4.69) is 26.2 Å². The van der Waals surface area contributed by atoms with Gasteiger partial charge in [0.1, 0.15) is 10.7 Å². The van der Waals surface area contributed by atoms with Crippen molar-refractivity contribution in [3.63, 3.8) is 0 Å². The molecule has 0 aliphatic carbocycles. The van der Waals surface area contributed by atoms with Gasteiger partial charge < -0.3 is 5.32 Å². The molecule has 114 valence electrons. The van der Waals surface area contributed by atoms with Gasteiger partial charge in [-0.05, 0) is 40.4 Å². The molecule has 0 spiro atoms. The summed E-state index contributed by atoms with van der Waals surface area (Å²) in [5.41, 5.74) is 0. The molecular weight excluding hydrogens is 374 g/mol. The van der Waals surface area contributed by atoms with E-state index in [0.717, 1.165) is 4.88 Å². The summed E-state index contributed by atoms with van der Waals surface area (Å²) < 4.78 is 27.4. The monoisotopic (exact) mass is 389 g/mol. The summed E-state index contributed by atoms with van der Waals surface area (Å²) in [6.45, 7) is 2.85. The molecule has 0 amide bonds. The number of rotatable bonds is 6. The van der Waals surface area contributed by atoms with Crippen LogP contribution in [0.25, 0.3) is 0 Å². The van der Waals surface area contributed by atoms with Crippen molar-refractivity contribution in [1.82, 2.24) is 9.29 Å². The fourth-order valence-corrected chi connectivity index (χ4v) is 4.40. The molecule has 0 fully saturated rings. The largest absolute Gasteiger partial charge is 0.369 e. The molecule has 2 aromatic heterocycles. The highest BCUT2D eigenvalue weighted by atomic mass is 79.9. The van der Waals surface area contributed by atoms with Crippen molar-refractivity contribution in [2.24, 2.45) is 0 Å². The lowest BCUT2D eigenvalue weighted by molar-refractivity contribution is 0.469. The van der Waals surface area contributed by atoms with Crippen LogP contribution in [0.15, 0.2) is 39.1 Å². The number of aromatic nitrogens is 1. The SMILES string of the molecule is CCNc1ncc(Br)cc1S(=O)(=O)N(C)Cc1cccs1. The molecule has 8 heteroatoms. The maximum Gasteiger partial charge on any atom is 0.246 e. The van der Waals surface area contributed by atoms with Gasteiger partial charge in [0.05, 0.1) is 0 Å². The Labute approximate surface area is 137 Å². The molecule has 0 unspecified atom stereocenters. The zero-order valence-electron chi connectivity index (χ0n) is 11.7. The van der Waals surface area contributed by atoms with Gasteiger partial charge in [-0.15, -0.1) is 11.3 Å². The second-order valence-electron chi connectivity index (χ2n) is 4.37. The summed E-state index contributed by atoms with van der Waals surface area (Å²) in [5.74, 6) is 0.374. The third-order valence-corrected chi connectivity index (χ3v) is 5.92. The van der Waals surface area contributed by atoms with E-state index in [9.17, 15) is 8.42 Å². The van der Waals surface area contributed by atoms with E-state index in [-0.39, 0.29) is 4.90 Å². The predicted molar refractivity (Wildman–Crippen MR) is 89.1 cm³/mol. The van der Waals surface area contributed by atoms with Gasteiger partial charge in [0.2, 0.25) is 10.0 Å². The zero-order chi connectivity index (χ0) is 15.5. The van der Waals surface area contributed by atoms with E-state index in [1.54, 1.807) is 19.3 Å². The molecule has 2 aromatic rings. The lowest BCUT2D eigenvalue weighted by Crippen LogP contribution is -2.27. The molecule has 0 saturated carbocycles. The minimum Gasteiger partial charge on any atom is -0.369 e. The van der Waals surface area contributed by atoms with Crippen LogP contribution in [0.3, 0.4) is 0 Å². The van der Waals surface area contributed by atoms with Crippen LogP contribution in [0.2, 0.25) is 0 Å². The minimum atomic E-state index is -3.61. The summed E-state index contributed by atoms with van der Waals surface area (Å²) in [7, 11) is -2.03. The van der Waals surface area contributed by atoms with E-state index in [1.165, 1.54) is 15.6 Å². The van der Waals surface area contributed by atoms with Crippen LogP contribution in [-0.4, -0.2) is 31.3 Å². The van der Waals surface area contributed by atoms with Crippen molar-refractivity contribution in [2.75, 3.05) is 18.9 Å². The van der Waals surface area contributed by atoms with Crippen LogP contribution >= 0.6 is 27.3 Å². The second kappa shape index (κ2) is 6.87. The third-order valence-electron chi connectivity index (χ3n) is 2.81. The van der Waals surface area contributed by atoms with Crippen molar-refractivity contribution in [3.05, 3.63) is 39.1 Å². The van der Waals surface area contributed by atoms with E-state index in [0.29, 0.717) is 23.4 Å². The summed E-state index contributed by atoms with van der Waals surface area (Å²) in [4.78, 5) is 5.33. The number of sulfonamides is 1. The molecule has 0 saturated heterocycles. The van der Waals surface area contributed by atoms with Gasteiger partial charge in [-0.25, -0.2) is 13.4 Å². The quantitative estimate of drug-likeness (QED) is 0.823. The van der Waals surface area contributed by atoms with Crippen molar-refractivity contribution < 1.29 is 8.42 Å². The smallest absolute Gasteiger partial charge is 0.246 e. The predicted octanol–water partition coefficient (Wildman–Crippen LogP) is 3.16. The average molecular weight is 390 g/mol. The van der Waals surface area contributed by atoms with Crippen molar-refractivity contribution in [2.45, 2.75) is 18.4 Å². The average Bonchev–Trinajstić information content (AvgIpc) is 2.93. The molecule has 2 rings (SSSR count). The maximum absolute atomic E-state index is 12.7. The highest BCUT2D eigenvalue weighted by Gasteiger charge is 2.25. The summed E-state index contributed by atoms with van der Waals surface area (Å²) in [6, 6.07) is 5.40. The molecule has 0 aliphatic rings. The second-order valence-corrected chi connectivity index (χ2v) is 8.33. The Hall–Kier alpha value is -0.960. The number of hydrogen-bond donors (Lipinski definition) is 1. The number of nitrogens with zero attached hydrogens (tertiary/aromatic N) is 2. The number of pyridine rings is 1. The van der Waals surface area contributed by atoms with Crippen molar-refractivity contribution in [3.8, 4) is 0 Å². The van der Waals surface area contributed by atoms with Crippen LogP contribution < -0.4 is 5.32 Å². The Morgan fingerprint density at radius 1 is 1.48 bits per heavy atom. The van der Waals surface area contributed by atoms with Crippen LogP contribution in [-0.2, 0) is 16.6 Å². The van der Waals surface area contributed by atoms with E-state index in [1.807, 2.05) is 24.4 Å². The number of halogens is 1. The van der Waals surface area contributed by atoms with Gasteiger partial charge in [-0.2, -0.15) is 4.31 Å². The standard InChI is InChI=1S/C13H16BrN3O2S2/c1-3-15-13-12(7-10(14)8-16-13)21(18,19)17(2)9-11-5-4-6-20-11/h4-8H,3,9H2,1-2H3,(H,15,16). The van der Waals surface area contributed by atoms with Crippen LogP contribution in [0.4, 0.5) is 5.82 Å². The van der Waals surface area contributed by atoms with Gasteiger partial charge in [0, 0.05) is 35.7 Å². The Morgan fingerprint density at radius 2 is 2.24 bits per heavy atom. The van der Waals surface area contributed by atoms with E-state index in [4.69, 9.17) is 0 Å². The number of thiophene rings is 1. The van der Waals surface area contributed by atoms with Crippen LogP contribution in [0.1, 0.15) is 11.8 Å². The Bertz CT molecular complexity index is 702. The number of anilines is 1. The molecule has 0 bridgehead atoms. The fourth-order valence-electron chi connectivity index (χ4n) is 1.79. The Balaban J connectivity index is 2.36. The van der Waals surface area contributed by atoms with Gasteiger partial charge in [0.25, 0.3) is 0 Å². The fraction of sp³-hybridized carbons (Fsp3) is 0.308. The first kappa shape index (κ1) is 16.4. The lowest BCUT2D eigenvalue weighted by atomic mass is 10.4. The maximum atomic E-state index is 12.7. The van der Waals surface area contributed by atoms with Crippen molar-refractivity contribution in [1.29, 1.82) is 0 Å². The summed E-state index contributed by atoms with van der Waals surface area (Å²) in [6.07, 6.45) is 1.58. The van der Waals surface area contributed by atoms with Gasteiger partial charge in [0.15, 0.2) is 0 Å². The molecule has 5 nitrogen and oxygen atoms in total. The normalized spacial score (nSPS) is 11.8. The highest BCUT2D eigenvalue weighted by molar-refractivity contribution is 9.10. The summed E-state index contributed by atoms with van der Waals surface area (Å²) in [5, 5.41) is 4.92. The molecular formula is C13H16BrN3O2S2. The van der Waals surface area contributed by atoms with E-state index >= 15 is 0 Å². The number of nitrogens with one attached hydrogen (secondary N) is 1. The first-order valence-electron chi connectivity index (χ1n) is 6.33. The first-order valence-corrected chi connectivity index (χ1v) is 9.44. The molecule has 0 aliphatic heterocycles. The zero-order valence-corrected chi connectivity index (χ0v) is 14.9. The highest BCUT2D eigenvalue weighted by Crippen LogP contribution is 2.26. The Morgan fingerprint density at radius 3 is 2.86 bits per heavy atom. The third kappa shape index (κ3) is 3.82. The summed E-state index contributed by atoms with van der Waals surface area (Å²) >= 11 is 4.81. The lowest BCUT2D eigenvalue weighted by Gasteiger charge is -2.18. The van der Waals surface area contributed by atoms with Gasteiger partial charge in [-0.1, -0.05) is 6.07 Å². The van der Waals surface area contributed by atoms with Gasteiger partial charge in [-0.3, -0.25) is 0 Å². The Kier molecular flexibility index (Phi) is 5.37. The molecule has 1 N–H and O–H groups in total. The minimum absolute atomic E-state index is 0.179.